The van der Waals surface area contributed by atoms with Gasteiger partial charge in [-0.05, 0) is 18.3 Å². The quantitative estimate of drug-likeness (QED) is 0.723. The molecule has 0 spiro atoms. The van der Waals surface area contributed by atoms with Crippen molar-refractivity contribution in [1.29, 1.82) is 0 Å². The van der Waals surface area contributed by atoms with Gasteiger partial charge in [0.25, 0.3) is 0 Å². The summed E-state index contributed by atoms with van der Waals surface area (Å²) in [5, 5.41) is 11.9. The molecule has 120 valence electrons. The van der Waals surface area contributed by atoms with Crippen LogP contribution in [0.4, 0.5) is 19.0 Å². The fourth-order valence-electron chi connectivity index (χ4n) is 1.82. The highest BCUT2D eigenvalue weighted by molar-refractivity contribution is 7.71. The van der Waals surface area contributed by atoms with Crippen molar-refractivity contribution in [1.82, 2.24) is 14.5 Å². The zero-order chi connectivity index (χ0) is 16.3. The number of anilines is 1. The standard InChI is InChI=1S/C12H12ClF3N4OS/c13-9-3-7(12(14,15)16)4-18-10(9)17-1-2-20-8(6-21)5-19-11(20)22/h3-5,21H,1-2,6H2,(H,17,18)(H,19,22). The summed E-state index contributed by atoms with van der Waals surface area (Å²) in [6, 6.07) is 0.817. The molecule has 3 N–H and O–H groups in total. The van der Waals surface area contributed by atoms with E-state index in [1.165, 1.54) is 0 Å². The van der Waals surface area contributed by atoms with Crippen molar-refractivity contribution in [2.24, 2.45) is 0 Å². The molecule has 0 bridgehead atoms. The van der Waals surface area contributed by atoms with E-state index in [9.17, 15) is 13.2 Å². The fraction of sp³-hybridized carbons (Fsp3) is 0.333. The molecule has 2 aromatic rings. The third-order valence-corrected chi connectivity index (χ3v) is 3.54. The van der Waals surface area contributed by atoms with Gasteiger partial charge in [0.1, 0.15) is 5.82 Å². The molecule has 2 aromatic heterocycles. The van der Waals surface area contributed by atoms with E-state index < -0.39 is 11.7 Å². The summed E-state index contributed by atoms with van der Waals surface area (Å²) in [6.45, 7) is 0.556. The number of halogens is 4. The van der Waals surface area contributed by atoms with Gasteiger partial charge in [-0.25, -0.2) is 4.98 Å². The Hall–Kier alpha value is -1.58. The van der Waals surface area contributed by atoms with Crippen LogP contribution in [0.5, 0.6) is 0 Å². The number of aliphatic hydroxyl groups excluding tert-OH is 1. The van der Waals surface area contributed by atoms with Crippen molar-refractivity contribution in [3.63, 3.8) is 0 Å². The van der Waals surface area contributed by atoms with Gasteiger partial charge in [-0.15, -0.1) is 0 Å². The molecular formula is C12H12ClF3N4OS. The minimum Gasteiger partial charge on any atom is -0.390 e. The van der Waals surface area contributed by atoms with E-state index in [-0.39, 0.29) is 17.4 Å². The number of pyridine rings is 1. The van der Waals surface area contributed by atoms with Gasteiger partial charge >= 0.3 is 6.18 Å². The Labute approximate surface area is 133 Å². The summed E-state index contributed by atoms with van der Waals surface area (Å²) in [5.41, 5.74) is -0.295. The molecule has 0 aliphatic rings. The van der Waals surface area contributed by atoms with Gasteiger partial charge in [0, 0.05) is 25.5 Å². The van der Waals surface area contributed by atoms with Crippen LogP contribution in [0.1, 0.15) is 11.3 Å². The van der Waals surface area contributed by atoms with Crippen LogP contribution in [0, 0.1) is 4.77 Å². The number of alkyl halides is 3. The summed E-state index contributed by atoms with van der Waals surface area (Å²) in [4.78, 5) is 6.47. The third kappa shape index (κ3) is 3.79. The molecule has 22 heavy (non-hydrogen) atoms. The van der Waals surface area contributed by atoms with Gasteiger partial charge in [-0.3, -0.25) is 0 Å². The Morgan fingerprint density at radius 3 is 2.77 bits per heavy atom. The van der Waals surface area contributed by atoms with Crippen molar-refractivity contribution >= 4 is 29.6 Å². The highest BCUT2D eigenvalue weighted by Crippen LogP contribution is 2.32. The lowest BCUT2D eigenvalue weighted by Gasteiger charge is -2.12. The minimum atomic E-state index is -4.48. The van der Waals surface area contributed by atoms with Gasteiger partial charge in [0.05, 0.1) is 22.9 Å². The molecule has 0 amide bonds. The van der Waals surface area contributed by atoms with E-state index in [4.69, 9.17) is 28.9 Å². The molecule has 0 aliphatic carbocycles. The van der Waals surface area contributed by atoms with Gasteiger partial charge in [-0.2, -0.15) is 13.2 Å². The number of nitrogens with one attached hydrogen (secondary N) is 2. The van der Waals surface area contributed by atoms with E-state index >= 15 is 0 Å². The van der Waals surface area contributed by atoms with E-state index in [0.717, 1.165) is 12.3 Å². The lowest BCUT2D eigenvalue weighted by molar-refractivity contribution is -0.137. The molecule has 0 unspecified atom stereocenters. The van der Waals surface area contributed by atoms with Gasteiger partial charge in [-0.1, -0.05) is 11.6 Å². The molecular weight excluding hydrogens is 341 g/mol. The van der Waals surface area contributed by atoms with Gasteiger partial charge in [0.2, 0.25) is 0 Å². The summed E-state index contributed by atoms with van der Waals surface area (Å²) in [6.07, 6.45) is -2.18. The maximum absolute atomic E-state index is 12.5. The number of H-pyrrole nitrogens is 1. The number of rotatable bonds is 5. The van der Waals surface area contributed by atoms with Crippen molar-refractivity contribution < 1.29 is 18.3 Å². The van der Waals surface area contributed by atoms with Crippen LogP contribution in [0.15, 0.2) is 18.5 Å². The molecule has 0 aliphatic heterocycles. The molecule has 0 saturated carbocycles. The second kappa shape index (κ2) is 6.67. The molecule has 2 rings (SSSR count). The zero-order valence-electron chi connectivity index (χ0n) is 11.1. The Bertz CT molecular complexity index is 713. The number of aromatic nitrogens is 3. The summed E-state index contributed by atoms with van der Waals surface area (Å²) in [7, 11) is 0. The second-order valence-electron chi connectivity index (χ2n) is 4.37. The normalized spacial score (nSPS) is 11.7. The van der Waals surface area contributed by atoms with E-state index in [2.05, 4.69) is 15.3 Å². The first-order chi connectivity index (χ1) is 10.3. The molecule has 0 saturated heterocycles. The number of imidazole rings is 1. The van der Waals surface area contributed by atoms with Gasteiger partial charge in [0.15, 0.2) is 4.77 Å². The molecule has 5 nitrogen and oxygen atoms in total. The zero-order valence-corrected chi connectivity index (χ0v) is 12.7. The predicted molar refractivity (Wildman–Crippen MR) is 78.3 cm³/mol. The number of nitrogens with zero attached hydrogens (tertiary/aromatic N) is 2. The highest BCUT2D eigenvalue weighted by atomic mass is 35.5. The Morgan fingerprint density at radius 1 is 1.45 bits per heavy atom. The fourth-order valence-corrected chi connectivity index (χ4v) is 2.32. The smallest absolute Gasteiger partial charge is 0.390 e. The molecule has 10 heteroatoms. The van der Waals surface area contributed by atoms with E-state index in [1.807, 2.05) is 0 Å². The van der Waals surface area contributed by atoms with Crippen LogP contribution < -0.4 is 5.32 Å². The lowest BCUT2D eigenvalue weighted by atomic mass is 10.3. The van der Waals surface area contributed by atoms with Crippen LogP contribution in [-0.2, 0) is 19.3 Å². The first kappa shape index (κ1) is 16.8. The van der Waals surface area contributed by atoms with Crippen molar-refractivity contribution in [2.45, 2.75) is 19.3 Å². The predicted octanol–water partition coefficient (Wildman–Crippen LogP) is 3.22. The second-order valence-corrected chi connectivity index (χ2v) is 5.17. The Kier molecular flexibility index (Phi) is 5.09. The number of aliphatic hydroxyl groups is 1. The molecule has 2 heterocycles. The average molecular weight is 353 g/mol. The first-order valence-corrected chi connectivity index (χ1v) is 6.96. The van der Waals surface area contributed by atoms with Crippen LogP contribution in [-0.4, -0.2) is 26.2 Å². The van der Waals surface area contributed by atoms with Crippen molar-refractivity contribution in [3.05, 3.63) is 39.5 Å². The lowest BCUT2D eigenvalue weighted by Crippen LogP contribution is -2.14. The molecule has 0 aromatic carbocycles. The average Bonchev–Trinajstić information content (AvgIpc) is 2.80. The molecule has 0 radical (unpaired) electrons. The molecule has 0 fully saturated rings. The maximum atomic E-state index is 12.5. The van der Waals surface area contributed by atoms with Gasteiger partial charge < -0.3 is 20.0 Å². The largest absolute Gasteiger partial charge is 0.417 e. The number of hydrogen-bond donors (Lipinski definition) is 3. The van der Waals surface area contributed by atoms with Crippen molar-refractivity contribution in [3.8, 4) is 0 Å². The summed E-state index contributed by atoms with van der Waals surface area (Å²) >= 11 is 10.8. The number of hydrogen-bond acceptors (Lipinski definition) is 4. The highest BCUT2D eigenvalue weighted by Gasteiger charge is 2.31. The minimum absolute atomic E-state index is 0.116. The van der Waals surface area contributed by atoms with Crippen LogP contribution >= 0.6 is 23.8 Å². The van der Waals surface area contributed by atoms with Crippen LogP contribution in [0.2, 0.25) is 5.02 Å². The number of aromatic amines is 1. The van der Waals surface area contributed by atoms with E-state index in [0.29, 0.717) is 23.6 Å². The van der Waals surface area contributed by atoms with E-state index in [1.54, 1.807) is 10.8 Å². The van der Waals surface area contributed by atoms with Crippen LogP contribution in [0.3, 0.4) is 0 Å². The first-order valence-electron chi connectivity index (χ1n) is 6.17. The maximum Gasteiger partial charge on any atom is 0.417 e. The Balaban J connectivity index is 2.03. The SMILES string of the molecule is OCc1c[nH]c(=S)n1CCNc1ncc(C(F)(F)F)cc1Cl. The summed E-state index contributed by atoms with van der Waals surface area (Å²) < 4.78 is 39.6. The molecule has 0 atom stereocenters. The Morgan fingerprint density at radius 2 is 2.18 bits per heavy atom. The van der Waals surface area contributed by atoms with Crippen LogP contribution in [0.25, 0.3) is 0 Å². The third-order valence-electron chi connectivity index (χ3n) is 2.91. The van der Waals surface area contributed by atoms with Crippen molar-refractivity contribution in [2.75, 3.05) is 11.9 Å². The summed E-state index contributed by atoms with van der Waals surface area (Å²) in [5.74, 6) is 0.155. The topological polar surface area (TPSA) is 65.9 Å². The monoisotopic (exact) mass is 352 g/mol.